The van der Waals surface area contributed by atoms with Crippen LogP contribution in [0.3, 0.4) is 0 Å². The molecule has 0 saturated heterocycles. The summed E-state index contributed by atoms with van der Waals surface area (Å²) in [6.45, 7) is 2.16. The molecular formula is C25H20ClFN4O3. The Morgan fingerprint density at radius 3 is 2.82 bits per heavy atom. The van der Waals surface area contributed by atoms with Gasteiger partial charge in [-0.15, -0.1) is 0 Å². The van der Waals surface area contributed by atoms with Crippen molar-refractivity contribution in [2.24, 2.45) is 5.10 Å². The topological polar surface area (TPSA) is 85.7 Å². The first-order valence-corrected chi connectivity index (χ1v) is 10.8. The number of fused-ring (bicyclic) bond motifs is 1. The number of hydrogen-bond acceptors (Lipinski definition) is 6. The minimum absolute atomic E-state index is 0.141. The van der Waals surface area contributed by atoms with Crippen molar-refractivity contribution < 1.29 is 18.7 Å². The minimum Gasteiger partial charge on any atom is -0.490 e. The maximum absolute atomic E-state index is 13.9. The number of aromatic nitrogens is 2. The molecule has 0 saturated carbocycles. The summed E-state index contributed by atoms with van der Waals surface area (Å²) in [6.07, 6.45) is 2.60. The molecule has 1 heterocycles. The third-order valence-electron chi connectivity index (χ3n) is 4.79. The molecule has 0 spiro atoms. The molecule has 0 aliphatic carbocycles. The summed E-state index contributed by atoms with van der Waals surface area (Å²) in [4.78, 5) is 19.7. The summed E-state index contributed by atoms with van der Waals surface area (Å²) in [7, 11) is 0. The van der Waals surface area contributed by atoms with E-state index in [1.54, 1.807) is 25.1 Å². The number of benzene rings is 3. The van der Waals surface area contributed by atoms with E-state index in [4.69, 9.17) is 21.1 Å². The fourth-order valence-electron chi connectivity index (χ4n) is 3.30. The van der Waals surface area contributed by atoms with Crippen LogP contribution in [0, 0.1) is 5.82 Å². The van der Waals surface area contributed by atoms with Crippen LogP contribution in [-0.2, 0) is 11.2 Å². The second kappa shape index (κ2) is 10.7. The molecule has 3 aromatic carbocycles. The maximum atomic E-state index is 13.9. The number of hydrazone groups is 1. The molecule has 1 aromatic heterocycles. The van der Waals surface area contributed by atoms with E-state index in [0.29, 0.717) is 17.9 Å². The normalized spacial score (nSPS) is 11.0. The smallest absolute Gasteiger partial charge is 0.260 e. The van der Waals surface area contributed by atoms with E-state index in [1.807, 2.05) is 42.5 Å². The van der Waals surface area contributed by atoms with Crippen LogP contribution in [0.4, 0.5) is 4.39 Å². The number of nitrogens with one attached hydrogen (secondary N) is 1. The zero-order valence-electron chi connectivity index (χ0n) is 18.2. The summed E-state index contributed by atoms with van der Waals surface area (Å²) in [6, 6.07) is 18.7. The van der Waals surface area contributed by atoms with Gasteiger partial charge in [0.25, 0.3) is 5.88 Å². The van der Waals surface area contributed by atoms with Crippen LogP contribution >= 0.6 is 11.6 Å². The van der Waals surface area contributed by atoms with E-state index in [0.717, 1.165) is 22.5 Å². The molecule has 4 aromatic rings. The standard InChI is InChI=1S/C25H20ClFN4O3/c1-2-33-22-12-16(10-11-21(22)34-24-20(27)15-28-25(26)30-24)14-29-31-23(32)13-18-8-5-7-17-6-3-4-9-19(17)18/h3-12,14-15H,2,13H2,1H3,(H,31,32). The Balaban J connectivity index is 1.44. The van der Waals surface area contributed by atoms with E-state index >= 15 is 0 Å². The highest BCUT2D eigenvalue weighted by atomic mass is 35.5. The molecule has 0 radical (unpaired) electrons. The second-order valence-corrected chi connectivity index (χ2v) is 7.48. The molecule has 0 fully saturated rings. The van der Waals surface area contributed by atoms with Crippen LogP contribution in [-0.4, -0.2) is 28.7 Å². The average molecular weight is 479 g/mol. The van der Waals surface area contributed by atoms with Crippen LogP contribution in [0.15, 0.2) is 72.0 Å². The van der Waals surface area contributed by atoms with E-state index in [2.05, 4.69) is 20.5 Å². The van der Waals surface area contributed by atoms with Crippen LogP contribution < -0.4 is 14.9 Å². The number of nitrogens with zero attached hydrogens (tertiary/aromatic N) is 3. The van der Waals surface area contributed by atoms with Gasteiger partial charge in [0.05, 0.1) is 25.4 Å². The van der Waals surface area contributed by atoms with Gasteiger partial charge in [-0.05, 0) is 58.6 Å². The highest BCUT2D eigenvalue weighted by molar-refractivity contribution is 6.28. The lowest BCUT2D eigenvalue weighted by molar-refractivity contribution is -0.120. The minimum atomic E-state index is -0.758. The Hall–Kier alpha value is -4.04. The summed E-state index contributed by atoms with van der Waals surface area (Å²) < 4.78 is 25.0. The molecule has 1 N–H and O–H groups in total. The number of ether oxygens (including phenoxy) is 2. The Labute approximate surface area is 200 Å². The Morgan fingerprint density at radius 2 is 1.97 bits per heavy atom. The molecule has 7 nitrogen and oxygen atoms in total. The average Bonchev–Trinajstić information content (AvgIpc) is 2.83. The Morgan fingerprint density at radius 1 is 1.15 bits per heavy atom. The lowest BCUT2D eigenvalue weighted by Gasteiger charge is -2.12. The molecule has 4 rings (SSSR count). The van der Waals surface area contributed by atoms with Crippen LogP contribution in [0.2, 0.25) is 5.28 Å². The summed E-state index contributed by atoms with van der Waals surface area (Å²) in [5.74, 6) is -0.724. The Bertz CT molecular complexity index is 1360. The van der Waals surface area contributed by atoms with Crippen LogP contribution in [0.25, 0.3) is 10.8 Å². The Kier molecular flexibility index (Phi) is 7.29. The summed E-state index contributed by atoms with van der Waals surface area (Å²) >= 11 is 5.72. The number of carbonyl (C=O) groups excluding carboxylic acids is 1. The van der Waals surface area contributed by atoms with E-state index in [-0.39, 0.29) is 29.2 Å². The first kappa shape index (κ1) is 23.1. The third-order valence-corrected chi connectivity index (χ3v) is 4.97. The fraction of sp³-hybridized carbons (Fsp3) is 0.120. The molecule has 9 heteroatoms. The number of halogens is 2. The van der Waals surface area contributed by atoms with E-state index < -0.39 is 5.82 Å². The maximum Gasteiger partial charge on any atom is 0.260 e. The van der Waals surface area contributed by atoms with Gasteiger partial charge in [0.2, 0.25) is 17.0 Å². The summed E-state index contributed by atoms with van der Waals surface area (Å²) in [5, 5.41) is 6.00. The van der Waals surface area contributed by atoms with Gasteiger partial charge < -0.3 is 9.47 Å². The van der Waals surface area contributed by atoms with Crippen LogP contribution in [0.5, 0.6) is 17.4 Å². The zero-order valence-corrected chi connectivity index (χ0v) is 18.9. The second-order valence-electron chi connectivity index (χ2n) is 7.14. The third kappa shape index (κ3) is 5.65. The van der Waals surface area contributed by atoms with Crippen molar-refractivity contribution in [2.75, 3.05) is 6.61 Å². The predicted octanol–water partition coefficient (Wildman–Crippen LogP) is 5.31. The van der Waals surface area contributed by atoms with Crippen molar-refractivity contribution in [3.8, 4) is 17.4 Å². The van der Waals surface area contributed by atoms with Crippen molar-refractivity contribution in [1.82, 2.24) is 15.4 Å². The van der Waals surface area contributed by atoms with Gasteiger partial charge in [-0.25, -0.2) is 10.4 Å². The molecule has 0 aliphatic rings. The van der Waals surface area contributed by atoms with Gasteiger partial charge in [-0.3, -0.25) is 4.79 Å². The number of amides is 1. The van der Waals surface area contributed by atoms with Gasteiger partial charge in [0, 0.05) is 0 Å². The number of carbonyl (C=O) groups is 1. The lowest BCUT2D eigenvalue weighted by Crippen LogP contribution is -2.19. The molecule has 0 atom stereocenters. The predicted molar refractivity (Wildman–Crippen MR) is 128 cm³/mol. The van der Waals surface area contributed by atoms with E-state index in [1.165, 1.54) is 6.21 Å². The SMILES string of the molecule is CCOc1cc(C=NNC(=O)Cc2cccc3ccccc23)ccc1Oc1nc(Cl)ncc1F. The first-order valence-electron chi connectivity index (χ1n) is 10.4. The van der Waals surface area contributed by atoms with Gasteiger partial charge >= 0.3 is 0 Å². The molecule has 172 valence electrons. The first-order chi connectivity index (χ1) is 16.5. The van der Waals surface area contributed by atoms with Gasteiger partial charge in [-0.2, -0.15) is 14.5 Å². The highest BCUT2D eigenvalue weighted by Crippen LogP contribution is 2.32. The monoisotopic (exact) mass is 478 g/mol. The summed E-state index contributed by atoms with van der Waals surface area (Å²) in [5.41, 5.74) is 4.10. The fourth-order valence-corrected chi connectivity index (χ4v) is 3.43. The molecule has 0 unspecified atom stereocenters. The molecule has 34 heavy (non-hydrogen) atoms. The number of hydrogen-bond donors (Lipinski definition) is 1. The highest BCUT2D eigenvalue weighted by Gasteiger charge is 2.13. The van der Waals surface area contributed by atoms with Crippen LogP contribution in [0.1, 0.15) is 18.1 Å². The van der Waals surface area contributed by atoms with Gasteiger partial charge in [0.1, 0.15) is 0 Å². The largest absolute Gasteiger partial charge is 0.490 e. The van der Waals surface area contributed by atoms with Crippen molar-refractivity contribution in [2.45, 2.75) is 13.3 Å². The van der Waals surface area contributed by atoms with E-state index in [9.17, 15) is 9.18 Å². The molecule has 0 bridgehead atoms. The van der Waals surface area contributed by atoms with Crippen molar-refractivity contribution in [3.63, 3.8) is 0 Å². The lowest BCUT2D eigenvalue weighted by atomic mass is 10.0. The number of rotatable bonds is 8. The molecule has 0 aliphatic heterocycles. The quantitative estimate of drug-likeness (QED) is 0.211. The molecule has 1 amide bonds. The zero-order chi connectivity index (χ0) is 23.9. The van der Waals surface area contributed by atoms with Gasteiger partial charge in [0.15, 0.2) is 11.5 Å². The van der Waals surface area contributed by atoms with Crippen molar-refractivity contribution in [3.05, 3.63) is 89.1 Å². The van der Waals surface area contributed by atoms with Crippen molar-refractivity contribution >= 4 is 34.5 Å². The van der Waals surface area contributed by atoms with Gasteiger partial charge in [-0.1, -0.05) is 42.5 Å². The molecular weight excluding hydrogens is 459 g/mol. The van der Waals surface area contributed by atoms with Crippen molar-refractivity contribution in [1.29, 1.82) is 0 Å².